The van der Waals surface area contributed by atoms with Crippen molar-refractivity contribution in [2.24, 2.45) is 5.92 Å². The maximum Gasteiger partial charge on any atom is 0.216 e. The molecule has 0 atom stereocenters. The van der Waals surface area contributed by atoms with Crippen LogP contribution in [0.2, 0.25) is 0 Å². The Balaban J connectivity index is 2.44. The van der Waals surface area contributed by atoms with E-state index in [-0.39, 0.29) is 17.0 Å². The maximum atomic E-state index is 12.1. The predicted molar refractivity (Wildman–Crippen MR) is 86.2 cm³/mol. The number of nitrogens with one attached hydrogen (secondary N) is 1. The first kappa shape index (κ1) is 18.1. The van der Waals surface area contributed by atoms with Gasteiger partial charge in [0, 0.05) is 37.4 Å². The molecule has 0 saturated carbocycles. The van der Waals surface area contributed by atoms with Gasteiger partial charge in [-0.25, -0.2) is 0 Å². The molecule has 1 aliphatic rings. The van der Waals surface area contributed by atoms with Crippen LogP contribution in [0.5, 0.6) is 0 Å². The number of amides is 1. The summed E-state index contributed by atoms with van der Waals surface area (Å²) in [6, 6.07) is 0. The molecule has 0 aromatic heterocycles. The van der Waals surface area contributed by atoms with Gasteiger partial charge in [0.1, 0.15) is 5.78 Å². The molecule has 0 unspecified atom stereocenters. The van der Waals surface area contributed by atoms with E-state index >= 15 is 0 Å². The van der Waals surface area contributed by atoms with Gasteiger partial charge in [0.15, 0.2) is 0 Å². The lowest BCUT2D eigenvalue weighted by Crippen LogP contribution is -2.58. The summed E-state index contributed by atoms with van der Waals surface area (Å²) in [6.45, 7) is 11.2. The largest absolute Gasteiger partial charge is 0.356 e. The van der Waals surface area contributed by atoms with E-state index in [1.807, 2.05) is 0 Å². The molecule has 0 radical (unpaired) electrons. The fourth-order valence-corrected chi connectivity index (χ4v) is 3.70. The van der Waals surface area contributed by atoms with E-state index in [2.05, 4.69) is 45.0 Å². The van der Waals surface area contributed by atoms with Crippen LogP contribution >= 0.6 is 0 Å². The van der Waals surface area contributed by atoms with Gasteiger partial charge in [-0.1, -0.05) is 0 Å². The highest BCUT2D eigenvalue weighted by atomic mass is 16.1. The minimum Gasteiger partial charge on any atom is -0.356 e. The van der Waals surface area contributed by atoms with Gasteiger partial charge in [-0.15, -0.1) is 0 Å². The molecule has 0 aromatic rings. The average Bonchev–Trinajstić information content (AvgIpc) is 2.30. The summed E-state index contributed by atoms with van der Waals surface area (Å²) in [4.78, 5) is 25.4. The molecule has 1 rings (SSSR count). The van der Waals surface area contributed by atoms with E-state index in [1.165, 1.54) is 6.92 Å². The van der Waals surface area contributed by atoms with E-state index in [9.17, 15) is 9.59 Å². The minimum atomic E-state index is -0.0266. The number of ketones is 1. The molecule has 0 aromatic carbocycles. The number of likely N-dealkylation sites (tertiary alicyclic amines) is 1. The van der Waals surface area contributed by atoms with E-state index in [0.29, 0.717) is 31.1 Å². The number of nitrogens with zero attached hydrogens (tertiary/aromatic N) is 1. The van der Waals surface area contributed by atoms with Gasteiger partial charge in [0.05, 0.1) is 0 Å². The number of hydrogen-bond acceptors (Lipinski definition) is 3. The molecule has 4 nitrogen and oxygen atoms in total. The van der Waals surface area contributed by atoms with Gasteiger partial charge in [0.25, 0.3) is 0 Å². The van der Waals surface area contributed by atoms with E-state index in [1.54, 1.807) is 0 Å². The Morgan fingerprint density at radius 3 is 2.14 bits per heavy atom. The lowest BCUT2D eigenvalue weighted by molar-refractivity contribution is -0.122. The number of carbonyl (C=O) groups excluding carboxylic acids is 2. The number of hydrogen-bond donors (Lipinski definition) is 1. The predicted octanol–water partition coefficient (Wildman–Crippen LogP) is 2.76. The van der Waals surface area contributed by atoms with E-state index in [4.69, 9.17) is 0 Å². The topological polar surface area (TPSA) is 49.4 Å². The summed E-state index contributed by atoms with van der Waals surface area (Å²) in [6.07, 6.45) is 4.15. The van der Waals surface area contributed by atoms with Crippen molar-refractivity contribution in [2.75, 3.05) is 13.6 Å². The summed E-state index contributed by atoms with van der Waals surface area (Å²) in [5.41, 5.74) is 0.283. The fourth-order valence-electron chi connectivity index (χ4n) is 3.70. The van der Waals surface area contributed by atoms with Crippen LogP contribution in [-0.2, 0) is 9.59 Å². The quantitative estimate of drug-likeness (QED) is 0.767. The first-order valence-electron chi connectivity index (χ1n) is 8.05. The summed E-state index contributed by atoms with van der Waals surface area (Å²) >= 11 is 0. The van der Waals surface area contributed by atoms with Crippen LogP contribution in [0.4, 0.5) is 0 Å². The molecule has 122 valence electrons. The first-order valence-corrected chi connectivity index (χ1v) is 8.05. The average molecular weight is 296 g/mol. The second kappa shape index (κ2) is 6.91. The Kier molecular flexibility index (Phi) is 5.97. The van der Waals surface area contributed by atoms with E-state index in [0.717, 1.165) is 19.3 Å². The summed E-state index contributed by atoms with van der Waals surface area (Å²) in [5.74, 6) is 0.780. The first-order chi connectivity index (χ1) is 9.54. The summed E-state index contributed by atoms with van der Waals surface area (Å²) < 4.78 is 0. The second-order valence-corrected chi connectivity index (χ2v) is 7.79. The number of carbonyl (C=O) groups is 2. The second-order valence-electron chi connectivity index (χ2n) is 7.79. The van der Waals surface area contributed by atoms with Crippen LogP contribution in [0, 0.1) is 5.92 Å². The number of rotatable bonds is 6. The van der Waals surface area contributed by atoms with Crippen molar-refractivity contribution in [2.45, 2.75) is 77.8 Å². The molecule has 0 bridgehead atoms. The molecule has 21 heavy (non-hydrogen) atoms. The lowest BCUT2D eigenvalue weighted by Gasteiger charge is -2.53. The summed E-state index contributed by atoms with van der Waals surface area (Å²) in [7, 11) is 2.19. The van der Waals surface area contributed by atoms with Crippen LogP contribution in [0.1, 0.15) is 66.7 Å². The van der Waals surface area contributed by atoms with Gasteiger partial charge in [0.2, 0.25) is 5.91 Å². The SMILES string of the molecule is CC(=O)NCCCC(=O)CC1CC(C)(C)N(C)C(C)(C)C1. The van der Waals surface area contributed by atoms with Crippen molar-refractivity contribution < 1.29 is 9.59 Å². The van der Waals surface area contributed by atoms with Crippen molar-refractivity contribution in [1.29, 1.82) is 0 Å². The van der Waals surface area contributed by atoms with Crippen molar-refractivity contribution >= 4 is 11.7 Å². The molecule has 0 aliphatic carbocycles. The highest BCUT2D eigenvalue weighted by molar-refractivity contribution is 5.78. The third kappa shape index (κ3) is 5.42. The minimum absolute atomic E-state index is 0.0266. The zero-order chi connectivity index (χ0) is 16.3. The maximum absolute atomic E-state index is 12.1. The molecule has 0 spiro atoms. The molecule has 1 aliphatic heterocycles. The monoisotopic (exact) mass is 296 g/mol. The zero-order valence-electron chi connectivity index (χ0n) is 14.6. The Labute approximate surface area is 129 Å². The number of piperidine rings is 1. The molecular formula is C17H32N2O2. The molecule has 1 amide bonds. The molecular weight excluding hydrogens is 264 g/mol. The number of Topliss-reactive ketones (excluding diaryl/α,β-unsaturated/α-hetero) is 1. The van der Waals surface area contributed by atoms with Crippen LogP contribution < -0.4 is 5.32 Å². The van der Waals surface area contributed by atoms with Crippen LogP contribution in [0.3, 0.4) is 0 Å². The van der Waals surface area contributed by atoms with Gasteiger partial charge in [-0.05, 0) is 59.9 Å². The Morgan fingerprint density at radius 2 is 1.67 bits per heavy atom. The van der Waals surface area contributed by atoms with E-state index < -0.39 is 0 Å². The van der Waals surface area contributed by atoms with Crippen LogP contribution in [-0.4, -0.2) is 41.3 Å². The third-order valence-electron chi connectivity index (χ3n) is 4.92. The molecule has 1 heterocycles. The standard InChI is InChI=1S/C17H32N2O2/c1-13(20)18-9-7-8-15(21)10-14-11-16(2,3)19(6)17(4,5)12-14/h14H,7-12H2,1-6H3,(H,18,20). The fraction of sp³-hybridized carbons (Fsp3) is 0.882. The van der Waals surface area contributed by atoms with Crippen molar-refractivity contribution in [3.8, 4) is 0 Å². The van der Waals surface area contributed by atoms with Gasteiger partial charge >= 0.3 is 0 Å². The third-order valence-corrected chi connectivity index (χ3v) is 4.92. The Bertz CT molecular complexity index is 370. The zero-order valence-corrected chi connectivity index (χ0v) is 14.6. The van der Waals surface area contributed by atoms with Crippen LogP contribution in [0.15, 0.2) is 0 Å². The molecule has 4 heteroatoms. The van der Waals surface area contributed by atoms with Crippen LogP contribution in [0.25, 0.3) is 0 Å². The normalized spacial score (nSPS) is 22.0. The highest BCUT2D eigenvalue weighted by Crippen LogP contribution is 2.41. The molecule has 1 saturated heterocycles. The molecule has 1 fully saturated rings. The highest BCUT2D eigenvalue weighted by Gasteiger charge is 2.43. The van der Waals surface area contributed by atoms with Gasteiger partial charge < -0.3 is 5.32 Å². The smallest absolute Gasteiger partial charge is 0.216 e. The summed E-state index contributed by atoms with van der Waals surface area (Å²) in [5, 5.41) is 2.74. The Hall–Kier alpha value is -0.900. The lowest BCUT2D eigenvalue weighted by atomic mass is 9.72. The van der Waals surface area contributed by atoms with Crippen molar-refractivity contribution in [3.05, 3.63) is 0 Å². The van der Waals surface area contributed by atoms with Gasteiger partial charge in [-0.3, -0.25) is 14.5 Å². The Morgan fingerprint density at radius 1 is 1.14 bits per heavy atom. The van der Waals surface area contributed by atoms with Crippen molar-refractivity contribution in [3.63, 3.8) is 0 Å². The van der Waals surface area contributed by atoms with Gasteiger partial charge in [-0.2, -0.15) is 0 Å². The molecule has 1 N–H and O–H groups in total. The van der Waals surface area contributed by atoms with Crippen molar-refractivity contribution in [1.82, 2.24) is 10.2 Å².